The second-order valence-electron chi connectivity index (χ2n) is 6.34. The van der Waals surface area contributed by atoms with Crippen LogP contribution in [0.5, 0.6) is 0 Å². The topological polar surface area (TPSA) is 42.3 Å². The Balaban J connectivity index is 1.50. The van der Waals surface area contributed by atoms with Crippen LogP contribution in [0.2, 0.25) is 0 Å². The van der Waals surface area contributed by atoms with E-state index in [4.69, 9.17) is 9.72 Å². The minimum absolute atomic E-state index is 0.330. The molecular formula is C15H24N4O. The summed E-state index contributed by atoms with van der Waals surface area (Å²) >= 11 is 0. The van der Waals surface area contributed by atoms with Crippen LogP contribution in [0, 0.1) is 6.92 Å². The molecule has 0 spiro atoms. The lowest BCUT2D eigenvalue weighted by Crippen LogP contribution is -2.47. The van der Waals surface area contributed by atoms with Crippen molar-refractivity contribution in [2.75, 3.05) is 26.2 Å². The molecule has 4 heterocycles. The van der Waals surface area contributed by atoms with Crippen molar-refractivity contribution in [3.63, 3.8) is 0 Å². The molecule has 1 aromatic heterocycles. The van der Waals surface area contributed by atoms with Crippen LogP contribution in [-0.4, -0.2) is 52.8 Å². The molecule has 0 bridgehead atoms. The summed E-state index contributed by atoms with van der Waals surface area (Å²) in [5, 5.41) is 3.40. The summed E-state index contributed by atoms with van der Waals surface area (Å²) in [4.78, 5) is 7.33. The van der Waals surface area contributed by atoms with Crippen LogP contribution in [0.1, 0.15) is 30.1 Å². The average molecular weight is 276 g/mol. The Hall–Kier alpha value is -0.910. The molecule has 2 atom stereocenters. The van der Waals surface area contributed by atoms with E-state index in [2.05, 4.69) is 21.7 Å². The van der Waals surface area contributed by atoms with Gasteiger partial charge in [-0.3, -0.25) is 4.90 Å². The first-order chi connectivity index (χ1) is 9.81. The third-order valence-electron chi connectivity index (χ3n) is 5.03. The van der Waals surface area contributed by atoms with Crippen molar-refractivity contribution in [3.05, 3.63) is 17.2 Å². The first kappa shape index (κ1) is 12.8. The lowest BCUT2D eigenvalue weighted by Gasteiger charge is -2.35. The van der Waals surface area contributed by atoms with Gasteiger partial charge in [-0.25, -0.2) is 4.98 Å². The van der Waals surface area contributed by atoms with E-state index in [0.717, 1.165) is 45.0 Å². The molecule has 0 saturated carbocycles. The number of hydrogen-bond acceptors (Lipinski definition) is 4. The lowest BCUT2D eigenvalue weighted by molar-refractivity contribution is -0.0556. The van der Waals surface area contributed by atoms with Crippen LogP contribution in [0.15, 0.2) is 0 Å². The Labute approximate surface area is 120 Å². The largest absolute Gasteiger partial charge is 0.373 e. The minimum Gasteiger partial charge on any atom is -0.373 e. The van der Waals surface area contributed by atoms with Crippen LogP contribution in [0.4, 0.5) is 0 Å². The minimum atomic E-state index is 0.330. The molecule has 0 radical (unpaired) electrons. The maximum atomic E-state index is 6.11. The van der Waals surface area contributed by atoms with Gasteiger partial charge in [0.05, 0.1) is 24.9 Å². The highest BCUT2D eigenvalue weighted by Gasteiger charge is 2.33. The number of ether oxygens (including phenoxy) is 1. The Kier molecular flexibility index (Phi) is 3.28. The fourth-order valence-corrected chi connectivity index (χ4v) is 3.95. The van der Waals surface area contributed by atoms with E-state index in [9.17, 15) is 0 Å². The molecule has 0 amide bonds. The zero-order chi connectivity index (χ0) is 13.5. The smallest absolute Gasteiger partial charge is 0.106 e. The molecule has 2 saturated heterocycles. The van der Waals surface area contributed by atoms with Crippen LogP contribution in [-0.2, 0) is 24.2 Å². The molecule has 0 aliphatic carbocycles. The Bertz CT molecular complexity index is 498. The van der Waals surface area contributed by atoms with E-state index in [-0.39, 0.29) is 0 Å². The number of nitrogens with zero attached hydrogens (tertiary/aromatic N) is 3. The van der Waals surface area contributed by atoms with Gasteiger partial charge >= 0.3 is 0 Å². The average Bonchev–Trinajstić information content (AvgIpc) is 3.04. The Morgan fingerprint density at radius 3 is 3.35 bits per heavy atom. The van der Waals surface area contributed by atoms with Gasteiger partial charge in [-0.1, -0.05) is 0 Å². The Morgan fingerprint density at radius 1 is 1.45 bits per heavy atom. The molecule has 110 valence electrons. The molecule has 2 unspecified atom stereocenters. The van der Waals surface area contributed by atoms with Crippen molar-refractivity contribution in [3.8, 4) is 0 Å². The number of rotatable bonds is 2. The van der Waals surface area contributed by atoms with Crippen LogP contribution in [0.3, 0.4) is 0 Å². The molecule has 20 heavy (non-hydrogen) atoms. The monoisotopic (exact) mass is 276 g/mol. The number of imidazole rings is 1. The van der Waals surface area contributed by atoms with Gasteiger partial charge in [-0.2, -0.15) is 0 Å². The summed E-state index contributed by atoms with van der Waals surface area (Å²) in [5.41, 5.74) is 2.66. The summed E-state index contributed by atoms with van der Waals surface area (Å²) in [7, 11) is 0. The predicted octanol–water partition coefficient (Wildman–Crippen LogP) is 0.700. The van der Waals surface area contributed by atoms with Gasteiger partial charge < -0.3 is 14.6 Å². The van der Waals surface area contributed by atoms with Gasteiger partial charge in [-0.15, -0.1) is 0 Å². The number of hydrogen-bond donors (Lipinski definition) is 1. The number of aryl methyl sites for hydroxylation is 1. The molecule has 0 aromatic carbocycles. The number of morpholine rings is 1. The SMILES string of the molecule is Cc1nc2c(n1CC1CN3CCCC3CO1)CCNC2. The second-order valence-corrected chi connectivity index (χ2v) is 6.34. The number of aromatic nitrogens is 2. The first-order valence-corrected chi connectivity index (χ1v) is 7.92. The van der Waals surface area contributed by atoms with Crippen molar-refractivity contribution in [1.82, 2.24) is 19.8 Å². The zero-order valence-corrected chi connectivity index (χ0v) is 12.3. The highest BCUT2D eigenvalue weighted by molar-refractivity contribution is 5.20. The molecule has 5 heteroatoms. The van der Waals surface area contributed by atoms with Crippen LogP contribution >= 0.6 is 0 Å². The fraction of sp³-hybridized carbons (Fsp3) is 0.800. The second kappa shape index (κ2) is 5.13. The van der Waals surface area contributed by atoms with Gasteiger partial charge in [0.2, 0.25) is 0 Å². The van der Waals surface area contributed by atoms with E-state index in [1.54, 1.807) is 0 Å². The third kappa shape index (κ3) is 2.18. The predicted molar refractivity (Wildman–Crippen MR) is 76.7 cm³/mol. The third-order valence-corrected chi connectivity index (χ3v) is 5.03. The van der Waals surface area contributed by atoms with Gasteiger partial charge in [0.1, 0.15) is 5.82 Å². The fourth-order valence-electron chi connectivity index (χ4n) is 3.95. The molecule has 2 fully saturated rings. The van der Waals surface area contributed by atoms with Gasteiger partial charge in [0.25, 0.3) is 0 Å². The van der Waals surface area contributed by atoms with E-state index in [1.807, 2.05) is 0 Å². The van der Waals surface area contributed by atoms with E-state index in [1.165, 1.54) is 30.8 Å². The molecule has 3 aliphatic heterocycles. The number of nitrogens with one attached hydrogen (secondary N) is 1. The van der Waals surface area contributed by atoms with Crippen LogP contribution < -0.4 is 5.32 Å². The molecule has 1 N–H and O–H groups in total. The summed E-state index contributed by atoms with van der Waals surface area (Å²) in [5.74, 6) is 1.14. The highest BCUT2D eigenvalue weighted by Crippen LogP contribution is 2.24. The maximum absolute atomic E-state index is 6.11. The van der Waals surface area contributed by atoms with Crippen LogP contribution in [0.25, 0.3) is 0 Å². The van der Waals surface area contributed by atoms with Crippen molar-refractivity contribution in [2.45, 2.75) is 51.4 Å². The van der Waals surface area contributed by atoms with Gasteiger partial charge in [0, 0.05) is 37.8 Å². The molecule has 1 aromatic rings. The first-order valence-electron chi connectivity index (χ1n) is 7.92. The molecule has 4 rings (SSSR count). The standard InChI is InChI=1S/C15H24N4O/c1-11-17-14-7-16-5-4-15(14)19(11)9-13-8-18-6-2-3-12(18)10-20-13/h12-13,16H,2-10H2,1H3. The van der Waals surface area contributed by atoms with Crippen molar-refractivity contribution in [2.24, 2.45) is 0 Å². The molecular weight excluding hydrogens is 252 g/mol. The number of fused-ring (bicyclic) bond motifs is 2. The summed E-state index contributed by atoms with van der Waals surface area (Å²) in [6, 6.07) is 0.688. The Morgan fingerprint density at radius 2 is 2.40 bits per heavy atom. The van der Waals surface area contributed by atoms with E-state index < -0.39 is 0 Å². The van der Waals surface area contributed by atoms with E-state index in [0.29, 0.717) is 12.1 Å². The molecule has 5 nitrogen and oxygen atoms in total. The summed E-state index contributed by atoms with van der Waals surface area (Å²) < 4.78 is 8.51. The lowest BCUT2D eigenvalue weighted by atomic mass is 10.1. The molecule has 3 aliphatic rings. The quantitative estimate of drug-likeness (QED) is 0.863. The summed E-state index contributed by atoms with van der Waals surface area (Å²) in [6.07, 6.45) is 4.08. The normalized spacial score (nSPS) is 30.2. The van der Waals surface area contributed by atoms with Gasteiger partial charge in [-0.05, 0) is 26.3 Å². The summed E-state index contributed by atoms with van der Waals surface area (Å²) in [6.45, 7) is 8.35. The highest BCUT2D eigenvalue weighted by atomic mass is 16.5. The van der Waals surface area contributed by atoms with Crippen molar-refractivity contribution < 1.29 is 4.74 Å². The van der Waals surface area contributed by atoms with Crippen molar-refractivity contribution >= 4 is 0 Å². The zero-order valence-electron chi connectivity index (χ0n) is 12.3. The maximum Gasteiger partial charge on any atom is 0.106 e. The van der Waals surface area contributed by atoms with E-state index >= 15 is 0 Å². The van der Waals surface area contributed by atoms with Crippen molar-refractivity contribution in [1.29, 1.82) is 0 Å². The van der Waals surface area contributed by atoms with Gasteiger partial charge in [0.15, 0.2) is 0 Å².